The van der Waals surface area contributed by atoms with E-state index in [-0.39, 0.29) is 17.4 Å². The van der Waals surface area contributed by atoms with Gasteiger partial charge in [0.2, 0.25) is 5.91 Å². The predicted octanol–water partition coefficient (Wildman–Crippen LogP) is 1.63. The second-order valence-electron chi connectivity index (χ2n) is 4.42. The van der Waals surface area contributed by atoms with Crippen LogP contribution in [0.3, 0.4) is 0 Å². The van der Waals surface area contributed by atoms with E-state index in [2.05, 4.69) is 15.6 Å². The Balaban J connectivity index is 2.71. The largest absolute Gasteiger partial charge is 0.346 e. The average Bonchev–Trinajstić information content (AvgIpc) is 2.48. The van der Waals surface area contributed by atoms with E-state index in [1.807, 2.05) is 20.8 Å². The smallest absolute Gasteiger partial charge is 0.271 e. The van der Waals surface area contributed by atoms with Gasteiger partial charge < -0.3 is 10.6 Å². The van der Waals surface area contributed by atoms with E-state index in [1.165, 1.54) is 18.3 Å². The van der Waals surface area contributed by atoms with Gasteiger partial charge in [0, 0.05) is 17.8 Å². The summed E-state index contributed by atoms with van der Waals surface area (Å²) in [4.78, 5) is 26.5. The fraction of sp³-hybridized carbons (Fsp3) is 0.500. The maximum atomic E-state index is 11.7. The summed E-state index contributed by atoms with van der Waals surface area (Å²) < 4.78 is 0. The Bertz CT molecular complexity index is 406. The lowest BCUT2D eigenvalue weighted by atomic mass is 10.1. The molecule has 0 saturated heterocycles. The van der Waals surface area contributed by atoms with Crippen LogP contribution in [0.2, 0.25) is 0 Å². The molecule has 6 heteroatoms. The van der Waals surface area contributed by atoms with Crippen LogP contribution in [-0.2, 0) is 4.79 Å². The number of aromatic nitrogens is 1. The standard InChI is InChI=1S/C10H15N3O2S/c1-6(14)11-9-12-7(5-16-9)8(15)13-10(2,3)4/h5H,1-4H3,(H,13,15)(H,11,12,14). The van der Waals surface area contributed by atoms with E-state index in [9.17, 15) is 9.59 Å². The van der Waals surface area contributed by atoms with E-state index in [0.717, 1.165) is 0 Å². The first kappa shape index (κ1) is 12.6. The van der Waals surface area contributed by atoms with Gasteiger partial charge >= 0.3 is 0 Å². The quantitative estimate of drug-likeness (QED) is 0.826. The molecule has 1 heterocycles. The van der Waals surface area contributed by atoms with E-state index < -0.39 is 0 Å². The maximum Gasteiger partial charge on any atom is 0.271 e. The molecule has 16 heavy (non-hydrogen) atoms. The van der Waals surface area contributed by atoms with Gasteiger partial charge in [-0.1, -0.05) is 0 Å². The molecule has 1 aromatic heterocycles. The molecule has 0 fully saturated rings. The zero-order valence-electron chi connectivity index (χ0n) is 9.75. The van der Waals surface area contributed by atoms with Crippen molar-refractivity contribution in [1.29, 1.82) is 0 Å². The zero-order chi connectivity index (χ0) is 12.3. The van der Waals surface area contributed by atoms with Crippen molar-refractivity contribution in [2.24, 2.45) is 0 Å². The van der Waals surface area contributed by atoms with Gasteiger partial charge in [-0.3, -0.25) is 9.59 Å². The first-order valence-electron chi connectivity index (χ1n) is 4.83. The first-order chi connectivity index (χ1) is 7.28. The lowest BCUT2D eigenvalue weighted by Crippen LogP contribution is -2.40. The summed E-state index contributed by atoms with van der Waals surface area (Å²) in [5.74, 6) is -0.433. The highest BCUT2D eigenvalue weighted by Crippen LogP contribution is 2.15. The van der Waals surface area contributed by atoms with Crippen molar-refractivity contribution in [3.8, 4) is 0 Å². The number of carbonyl (C=O) groups excluding carboxylic acids is 2. The molecule has 0 radical (unpaired) electrons. The topological polar surface area (TPSA) is 71.1 Å². The molecule has 0 aliphatic heterocycles. The summed E-state index contributed by atoms with van der Waals surface area (Å²) in [5.41, 5.74) is 0.0261. The van der Waals surface area contributed by atoms with Gasteiger partial charge in [0.05, 0.1) is 0 Å². The van der Waals surface area contributed by atoms with E-state index in [1.54, 1.807) is 5.38 Å². The minimum atomic E-state index is -0.297. The van der Waals surface area contributed by atoms with Crippen LogP contribution >= 0.6 is 11.3 Å². The zero-order valence-corrected chi connectivity index (χ0v) is 10.6. The molecule has 0 unspecified atom stereocenters. The number of nitrogens with one attached hydrogen (secondary N) is 2. The van der Waals surface area contributed by atoms with E-state index >= 15 is 0 Å². The average molecular weight is 241 g/mol. The fourth-order valence-electron chi connectivity index (χ4n) is 0.991. The minimum absolute atomic E-state index is 0.197. The summed E-state index contributed by atoms with van der Waals surface area (Å²) in [6.45, 7) is 7.08. The summed E-state index contributed by atoms with van der Waals surface area (Å²) >= 11 is 1.23. The summed E-state index contributed by atoms with van der Waals surface area (Å²) in [7, 11) is 0. The van der Waals surface area contributed by atoms with Gasteiger partial charge in [-0.25, -0.2) is 4.98 Å². The van der Waals surface area contributed by atoms with Crippen LogP contribution in [0.4, 0.5) is 5.13 Å². The highest BCUT2D eigenvalue weighted by atomic mass is 32.1. The van der Waals surface area contributed by atoms with Gasteiger partial charge in [0.25, 0.3) is 5.91 Å². The second kappa shape index (κ2) is 4.61. The van der Waals surface area contributed by atoms with Crippen molar-refractivity contribution in [3.05, 3.63) is 11.1 Å². The molecule has 2 amide bonds. The highest BCUT2D eigenvalue weighted by Gasteiger charge is 2.17. The number of nitrogens with zero attached hydrogens (tertiary/aromatic N) is 1. The third kappa shape index (κ3) is 3.98. The van der Waals surface area contributed by atoms with Gasteiger partial charge in [-0.05, 0) is 20.8 Å². The SMILES string of the molecule is CC(=O)Nc1nc(C(=O)NC(C)(C)C)cs1. The first-order valence-corrected chi connectivity index (χ1v) is 5.71. The van der Waals surface area contributed by atoms with Crippen molar-refractivity contribution in [2.45, 2.75) is 33.2 Å². The van der Waals surface area contributed by atoms with Crippen LogP contribution in [0.25, 0.3) is 0 Å². The van der Waals surface area contributed by atoms with Crippen LogP contribution in [-0.4, -0.2) is 22.3 Å². The Hall–Kier alpha value is -1.43. The molecule has 0 aromatic carbocycles. The molecule has 0 aliphatic rings. The molecule has 0 atom stereocenters. The second-order valence-corrected chi connectivity index (χ2v) is 5.28. The van der Waals surface area contributed by atoms with Gasteiger partial charge in [-0.2, -0.15) is 0 Å². The molecule has 1 rings (SSSR count). The van der Waals surface area contributed by atoms with Crippen molar-refractivity contribution < 1.29 is 9.59 Å². The normalized spacial score (nSPS) is 11.0. The number of hydrogen-bond donors (Lipinski definition) is 2. The van der Waals surface area contributed by atoms with Gasteiger partial charge in [0.15, 0.2) is 5.13 Å². The molecule has 2 N–H and O–H groups in total. The molecule has 88 valence electrons. The van der Waals surface area contributed by atoms with Gasteiger partial charge in [-0.15, -0.1) is 11.3 Å². The number of rotatable bonds is 2. The minimum Gasteiger partial charge on any atom is -0.346 e. The van der Waals surface area contributed by atoms with E-state index in [0.29, 0.717) is 10.8 Å². The number of carbonyl (C=O) groups is 2. The number of thiazole rings is 1. The lowest BCUT2D eigenvalue weighted by Gasteiger charge is -2.19. The van der Waals surface area contributed by atoms with Crippen molar-refractivity contribution in [1.82, 2.24) is 10.3 Å². The van der Waals surface area contributed by atoms with Crippen molar-refractivity contribution in [2.75, 3.05) is 5.32 Å². The van der Waals surface area contributed by atoms with Crippen LogP contribution in [0.5, 0.6) is 0 Å². The third-order valence-electron chi connectivity index (χ3n) is 1.51. The summed E-state index contributed by atoms with van der Waals surface area (Å²) in [5, 5.41) is 7.38. The molecule has 5 nitrogen and oxygen atoms in total. The Morgan fingerprint density at radius 1 is 1.38 bits per heavy atom. The number of amides is 2. The predicted molar refractivity (Wildman–Crippen MR) is 63.6 cm³/mol. The van der Waals surface area contributed by atoms with Crippen LogP contribution in [0.1, 0.15) is 38.2 Å². The maximum absolute atomic E-state index is 11.7. The molecular weight excluding hydrogens is 226 g/mol. The van der Waals surface area contributed by atoms with Crippen LogP contribution in [0, 0.1) is 0 Å². The fourth-order valence-corrected chi connectivity index (χ4v) is 1.73. The third-order valence-corrected chi connectivity index (χ3v) is 2.27. The summed E-state index contributed by atoms with van der Waals surface area (Å²) in [6, 6.07) is 0. The number of anilines is 1. The van der Waals surface area contributed by atoms with Crippen LogP contribution < -0.4 is 10.6 Å². The van der Waals surface area contributed by atoms with Crippen LogP contribution in [0.15, 0.2) is 5.38 Å². The molecule has 0 aliphatic carbocycles. The monoisotopic (exact) mass is 241 g/mol. The Labute approximate surface area is 98.3 Å². The summed E-state index contributed by atoms with van der Waals surface area (Å²) in [6.07, 6.45) is 0. The molecular formula is C10H15N3O2S. The Morgan fingerprint density at radius 3 is 2.50 bits per heavy atom. The highest BCUT2D eigenvalue weighted by molar-refractivity contribution is 7.14. The molecule has 0 bridgehead atoms. The Kier molecular flexibility index (Phi) is 3.64. The van der Waals surface area contributed by atoms with E-state index in [4.69, 9.17) is 0 Å². The van der Waals surface area contributed by atoms with Crippen molar-refractivity contribution in [3.63, 3.8) is 0 Å². The Morgan fingerprint density at radius 2 is 2.00 bits per heavy atom. The van der Waals surface area contributed by atoms with Crippen molar-refractivity contribution >= 4 is 28.3 Å². The number of hydrogen-bond acceptors (Lipinski definition) is 4. The molecule has 1 aromatic rings. The molecule has 0 spiro atoms. The van der Waals surface area contributed by atoms with Gasteiger partial charge in [0.1, 0.15) is 5.69 Å². The lowest BCUT2D eigenvalue weighted by molar-refractivity contribution is -0.114. The molecule has 0 saturated carbocycles.